The second-order valence-electron chi connectivity index (χ2n) is 7.65. The summed E-state index contributed by atoms with van der Waals surface area (Å²) in [6.45, 7) is 5.20. The summed E-state index contributed by atoms with van der Waals surface area (Å²) in [5, 5.41) is 0.290. The van der Waals surface area contributed by atoms with Crippen molar-refractivity contribution in [3.8, 4) is 0 Å². The lowest BCUT2D eigenvalue weighted by Gasteiger charge is -2.31. The quantitative estimate of drug-likeness (QED) is 0.672. The number of H-pyrrole nitrogens is 1. The summed E-state index contributed by atoms with van der Waals surface area (Å²) in [6, 6.07) is 9.01. The second kappa shape index (κ2) is 8.61. The van der Waals surface area contributed by atoms with Gasteiger partial charge in [-0.25, -0.2) is 13.6 Å². The van der Waals surface area contributed by atoms with E-state index >= 15 is 0 Å². The smallest absolute Gasteiger partial charge is 0.329 e. The summed E-state index contributed by atoms with van der Waals surface area (Å²) in [5.74, 6) is -1.93. The van der Waals surface area contributed by atoms with Gasteiger partial charge in [-0.3, -0.25) is 14.2 Å². The number of halogens is 2. The van der Waals surface area contributed by atoms with Gasteiger partial charge in [0.1, 0.15) is 18.2 Å². The number of aromatic amines is 1. The SMILES string of the molecule is CC(C)CN(C(=O)Cn1c(=O)[nH]c2ccccc2c1=O)C(C)c1ccc(F)cc1F. The van der Waals surface area contributed by atoms with Crippen LogP contribution in [0.2, 0.25) is 0 Å². The lowest BCUT2D eigenvalue weighted by molar-refractivity contribution is -0.134. The van der Waals surface area contributed by atoms with Crippen molar-refractivity contribution in [1.29, 1.82) is 0 Å². The highest BCUT2D eigenvalue weighted by Gasteiger charge is 2.26. The van der Waals surface area contributed by atoms with E-state index in [1.807, 2.05) is 13.8 Å². The molecule has 1 amide bonds. The van der Waals surface area contributed by atoms with Crippen molar-refractivity contribution in [2.24, 2.45) is 5.92 Å². The first-order valence-electron chi connectivity index (χ1n) is 9.65. The summed E-state index contributed by atoms with van der Waals surface area (Å²) in [4.78, 5) is 42.2. The fraction of sp³-hybridized carbons (Fsp3) is 0.318. The number of para-hydroxylation sites is 1. The molecule has 1 N–H and O–H groups in total. The van der Waals surface area contributed by atoms with Crippen molar-refractivity contribution in [3.63, 3.8) is 0 Å². The predicted molar refractivity (Wildman–Crippen MR) is 110 cm³/mol. The summed E-state index contributed by atoms with van der Waals surface area (Å²) in [5.41, 5.74) is -0.730. The van der Waals surface area contributed by atoms with Gasteiger partial charge in [-0.1, -0.05) is 32.0 Å². The third-order valence-electron chi connectivity index (χ3n) is 4.95. The molecule has 0 aliphatic heterocycles. The van der Waals surface area contributed by atoms with Crippen molar-refractivity contribution in [1.82, 2.24) is 14.5 Å². The van der Waals surface area contributed by atoms with Gasteiger partial charge in [0.25, 0.3) is 5.56 Å². The van der Waals surface area contributed by atoms with Gasteiger partial charge in [-0.15, -0.1) is 0 Å². The minimum Gasteiger partial charge on any atom is -0.334 e. The van der Waals surface area contributed by atoms with Crippen LogP contribution in [0.15, 0.2) is 52.1 Å². The van der Waals surface area contributed by atoms with Crippen molar-refractivity contribution < 1.29 is 13.6 Å². The molecule has 6 nitrogen and oxygen atoms in total. The van der Waals surface area contributed by atoms with Gasteiger partial charge in [0, 0.05) is 18.2 Å². The standard InChI is InChI=1S/C22H23F2N3O3/c1-13(2)11-26(14(3)16-9-8-15(23)10-18(16)24)20(28)12-27-21(29)17-6-4-5-7-19(17)25-22(27)30/h4-10,13-14H,11-12H2,1-3H3,(H,25,30). The highest BCUT2D eigenvalue weighted by atomic mass is 19.1. The number of amides is 1. The van der Waals surface area contributed by atoms with Crippen molar-refractivity contribution in [3.05, 3.63) is 80.5 Å². The number of carbonyl (C=O) groups excluding carboxylic acids is 1. The van der Waals surface area contributed by atoms with Crippen LogP contribution in [0.4, 0.5) is 8.78 Å². The summed E-state index contributed by atoms with van der Waals surface area (Å²) >= 11 is 0. The maximum atomic E-state index is 14.3. The molecule has 0 saturated carbocycles. The van der Waals surface area contributed by atoms with E-state index in [-0.39, 0.29) is 23.4 Å². The number of hydrogen-bond acceptors (Lipinski definition) is 3. The number of fused-ring (bicyclic) bond motifs is 1. The Kier molecular flexibility index (Phi) is 6.14. The number of benzene rings is 2. The summed E-state index contributed by atoms with van der Waals surface area (Å²) in [7, 11) is 0. The Balaban J connectivity index is 1.98. The molecule has 3 aromatic rings. The van der Waals surface area contributed by atoms with Gasteiger partial charge in [-0.05, 0) is 31.0 Å². The van der Waals surface area contributed by atoms with Gasteiger partial charge in [0.05, 0.1) is 16.9 Å². The van der Waals surface area contributed by atoms with Crippen LogP contribution in [0, 0.1) is 17.6 Å². The Morgan fingerprint density at radius 2 is 1.80 bits per heavy atom. The van der Waals surface area contributed by atoms with Crippen LogP contribution in [0.1, 0.15) is 32.4 Å². The van der Waals surface area contributed by atoms with E-state index in [0.717, 1.165) is 16.7 Å². The molecule has 1 aromatic heterocycles. The molecule has 8 heteroatoms. The average molecular weight is 415 g/mol. The Morgan fingerprint density at radius 3 is 2.47 bits per heavy atom. The van der Waals surface area contributed by atoms with Crippen LogP contribution < -0.4 is 11.2 Å². The molecule has 2 aromatic carbocycles. The van der Waals surface area contributed by atoms with E-state index in [0.29, 0.717) is 5.52 Å². The van der Waals surface area contributed by atoms with Crippen LogP contribution in [0.5, 0.6) is 0 Å². The average Bonchev–Trinajstić information content (AvgIpc) is 2.68. The fourth-order valence-corrected chi connectivity index (χ4v) is 3.45. The molecule has 30 heavy (non-hydrogen) atoms. The molecule has 0 aliphatic carbocycles. The molecule has 1 unspecified atom stereocenters. The Hall–Kier alpha value is -3.29. The van der Waals surface area contributed by atoms with Crippen LogP contribution in [-0.2, 0) is 11.3 Å². The van der Waals surface area contributed by atoms with Crippen molar-refractivity contribution in [2.45, 2.75) is 33.4 Å². The fourth-order valence-electron chi connectivity index (χ4n) is 3.45. The molecule has 158 valence electrons. The highest BCUT2D eigenvalue weighted by Crippen LogP contribution is 2.25. The highest BCUT2D eigenvalue weighted by molar-refractivity contribution is 5.79. The van der Waals surface area contributed by atoms with E-state index in [1.165, 1.54) is 11.0 Å². The molecule has 1 atom stereocenters. The van der Waals surface area contributed by atoms with E-state index in [1.54, 1.807) is 31.2 Å². The first kappa shape index (κ1) is 21.4. The molecule has 0 saturated heterocycles. The first-order valence-corrected chi connectivity index (χ1v) is 9.65. The van der Waals surface area contributed by atoms with E-state index in [4.69, 9.17) is 0 Å². The lowest BCUT2D eigenvalue weighted by atomic mass is 10.0. The molecule has 1 heterocycles. The van der Waals surface area contributed by atoms with E-state index in [9.17, 15) is 23.2 Å². The number of nitrogens with zero attached hydrogens (tertiary/aromatic N) is 2. The van der Waals surface area contributed by atoms with Crippen LogP contribution in [0.25, 0.3) is 10.9 Å². The third kappa shape index (κ3) is 4.32. The Labute approximate surface area is 171 Å². The maximum Gasteiger partial charge on any atom is 0.329 e. The van der Waals surface area contributed by atoms with Crippen molar-refractivity contribution >= 4 is 16.8 Å². The first-order chi connectivity index (χ1) is 14.2. The number of hydrogen-bond donors (Lipinski definition) is 1. The minimum absolute atomic E-state index is 0.0477. The molecule has 0 spiro atoms. The molecule has 0 bridgehead atoms. The number of rotatable bonds is 6. The van der Waals surface area contributed by atoms with Crippen LogP contribution in [0.3, 0.4) is 0 Å². The van der Waals surface area contributed by atoms with Gasteiger partial charge in [0.2, 0.25) is 5.91 Å². The van der Waals surface area contributed by atoms with Crippen LogP contribution >= 0.6 is 0 Å². The van der Waals surface area contributed by atoms with Crippen molar-refractivity contribution in [2.75, 3.05) is 6.54 Å². The zero-order valence-electron chi connectivity index (χ0n) is 17.0. The summed E-state index contributed by atoms with van der Waals surface area (Å²) in [6.07, 6.45) is 0. The lowest BCUT2D eigenvalue weighted by Crippen LogP contribution is -2.44. The largest absolute Gasteiger partial charge is 0.334 e. The van der Waals surface area contributed by atoms with Crippen LogP contribution in [-0.4, -0.2) is 26.9 Å². The van der Waals surface area contributed by atoms with Gasteiger partial charge in [-0.2, -0.15) is 0 Å². The normalized spacial score (nSPS) is 12.3. The minimum atomic E-state index is -0.759. The zero-order chi connectivity index (χ0) is 22.0. The monoisotopic (exact) mass is 415 g/mol. The molecular weight excluding hydrogens is 392 g/mol. The van der Waals surface area contributed by atoms with Gasteiger partial charge >= 0.3 is 5.69 Å². The van der Waals surface area contributed by atoms with Gasteiger partial charge < -0.3 is 9.88 Å². The molecular formula is C22H23F2N3O3. The number of aromatic nitrogens is 2. The van der Waals surface area contributed by atoms with Gasteiger partial charge in [0.15, 0.2) is 0 Å². The van der Waals surface area contributed by atoms with E-state index < -0.39 is 41.4 Å². The predicted octanol–water partition coefficient (Wildman–Crippen LogP) is 3.21. The second-order valence-corrected chi connectivity index (χ2v) is 7.65. The molecule has 0 aliphatic rings. The number of nitrogens with one attached hydrogen (secondary N) is 1. The number of carbonyl (C=O) groups is 1. The topological polar surface area (TPSA) is 75.2 Å². The third-order valence-corrected chi connectivity index (χ3v) is 4.95. The Bertz CT molecular complexity index is 1200. The van der Waals surface area contributed by atoms with E-state index in [2.05, 4.69) is 4.98 Å². The Morgan fingerprint density at radius 1 is 1.10 bits per heavy atom. The zero-order valence-corrected chi connectivity index (χ0v) is 17.0. The molecule has 0 fully saturated rings. The summed E-state index contributed by atoms with van der Waals surface area (Å²) < 4.78 is 28.4. The molecule has 3 rings (SSSR count). The molecule has 0 radical (unpaired) electrons. The maximum absolute atomic E-state index is 14.3.